The third-order valence-corrected chi connectivity index (χ3v) is 6.76. The topological polar surface area (TPSA) is 91.2 Å². The van der Waals surface area contributed by atoms with E-state index in [9.17, 15) is 14.9 Å². The predicted octanol–water partition coefficient (Wildman–Crippen LogP) is 3.58. The zero-order valence-electron chi connectivity index (χ0n) is 18.2. The highest BCUT2D eigenvalue weighted by atomic mass is 35.5. The van der Waals surface area contributed by atoms with E-state index in [1.807, 2.05) is 15.9 Å². The van der Waals surface area contributed by atoms with Crippen molar-refractivity contribution in [1.82, 2.24) is 10.2 Å². The Morgan fingerprint density at radius 1 is 1.00 bits per heavy atom. The van der Waals surface area contributed by atoms with E-state index in [1.54, 1.807) is 24.3 Å². The lowest BCUT2D eigenvalue weighted by Crippen LogP contribution is -2.52. The molecule has 0 saturated carbocycles. The van der Waals surface area contributed by atoms with Crippen molar-refractivity contribution in [3.63, 3.8) is 0 Å². The molecule has 2 aromatic carbocycles. The minimum Gasteiger partial charge on any atom is -0.378 e. The molecule has 1 amide bonds. The zero-order chi connectivity index (χ0) is 24.2. The number of hydrogen-bond acceptors (Lipinski definition) is 7. The molecule has 9 nitrogen and oxygen atoms in total. The van der Waals surface area contributed by atoms with E-state index in [1.165, 1.54) is 6.07 Å². The molecule has 12 heteroatoms. The van der Waals surface area contributed by atoms with Crippen LogP contribution in [-0.4, -0.2) is 73.3 Å². The number of anilines is 2. The van der Waals surface area contributed by atoms with Gasteiger partial charge in [0.05, 0.1) is 28.7 Å². The number of benzene rings is 2. The van der Waals surface area contributed by atoms with Gasteiger partial charge in [-0.25, -0.2) is 0 Å². The molecule has 2 aliphatic rings. The number of nitro groups is 1. The van der Waals surface area contributed by atoms with Crippen molar-refractivity contribution in [2.75, 3.05) is 62.3 Å². The third kappa shape index (κ3) is 5.52. The summed E-state index contributed by atoms with van der Waals surface area (Å²) in [7, 11) is 0. The summed E-state index contributed by atoms with van der Waals surface area (Å²) in [5, 5.41) is 15.3. The average molecular weight is 524 g/mol. The van der Waals surface area contributed by atoms with Crippen LogP contribution < -0.4 is 15.1 Å². The normalized spacial score (nSPS) is 16.4. The highest BCUT2D eigenvalue weighted by Crippen LogP contribution is 2.33. The fourth-order valence-electron chi connectivity index (χ4n) is 4.00. The summed E-state index contributed by atoms with van der Waals surface area (Å²) in [5.74, 6) is -0.412. The van der Waals surface area contributed by atoms with E-state index in [-0.39, 0.29) is 16.2 Å². The van der Waals surface area contributed by atoms with Gasteiger partial charge < -0.3 is 19.4 Å². The minimum atomic E-state index is -0.412. The zero-order valence-corrected chi connectivity index (χ0v) is 20.5. The van der Waals surface area contributed by atoms with Gasteiger partial charge in [-0.15, -0.1) is 0 Å². The first-order chi connectivity index (χ1) is 16.3. The summed E-state index contributed by atoms with van der Waals surface area (Å²) in [4.78, 5) is 29.9. The van der Waals surface area contributed by atoms with E-state index in [0.717, 1.165) is 5.69 Å². The van der Waals surface area contributed by atoms with Gasteiger partial charge in [-0.05, 0) is 42.5 Å². The highest BCUT2D eigenvalue weighted by molar-refractivity contribution is 7.80. The van der Waals surface area contributed by atoms with Crippen LogP contribution in [0.15, 0.2) is 36.4 Å². The van der Waals surface area contributed by atoms with Gasteiger partial charge in [0.25, 0.3) is 11.6 Å². The van der Waals surface area contributed by atoms with Gasteiger partial charge in [-0.1, -0.05) is 23.2 Å². The standard InChI is InChI=1S/C22H23Cl2N5O4S/c23-15-1-3-18(24)17(13-15)21(30)25-22(34)28-7-5-26(6-8-28)16-2-4-19(29(31)32)20(14-16)27-9-11-33-12-10-27/h1-4,13-14H,5-12H2,(H,25,30,34). The Labute approximate surface area is 212 Å². The Balaban J connectivity index is 1.40. The second-order valence-electron chi connectivity index (χ2n) is 7.89. The maximum Gasteiger partial charge on any atom is 0.292 e. The van der Waals surface area contributed by atoms with Crippen molar-refractivity contribution in [3.8, 4) is 0 Å². The van der Waals surface area contributed by atoms with Crippen molar-refractivity contribution in [2.24, 2.45) is 0 Å². The summed E-state index contributed by atoms with van der Waals surface area (Å²) in [6, 6.07) is 9.89. The third-order valence-electron chi connectivity index (χ3n) is 5.83. The Morgan fingerprint density at radius 3 is 2.38 bits per heavy atom. The average Bonchev–Trinajstić information content (AvgIpc) is 2.85. The number of ether oxygens (including phenoxy) is 1. The number of nitrogens with one attached hydrogen (secondary N) is 1. The van der Waals surface area contributed by atoms with Crippen molar-refractivity contribution in [2.45, 2.75) is 0 Å². The molecule has 0 unspecified atom stereocenters. The van der Waals surface area contributed by atoms with Crippen molar-refractivity contribution < 1.29 is 14.5 Å². The number of thiocarbonyl (C=S) groups is 1. The highest BCUT2D eigenvalue weighted by Gasteiger charge is 2.26. The molecule has 180 valence electrons. The number of carbonyl (C=O) groups is 1. The van der Waals surface area contributed by atoms with E-state index in [2.05, 4.69) is 10.2 Å². The van der Waals surface area contributed by atoms with Gasteiger partial charge in [-0.3, -0.25) is 20.2 Å². The lowest BCUT2D eigenvalue weighted by molar-refractivity contribution is -0.384. The summed E-state index contributed by atoms with van der Waals surface area (Å²) in [6.07, 6.45) is 0. The molecule has 34 heavy (non-hydrogen) atoms. The molecule has 1 N–H and O–H groups in total. The quantitative estimate of drug-likeness (QED) is 0.369. The van der Waals surface area contributed by atoms with Crippen molar-refractivity contribution in [1.29, 1.82) is 0 Å². The van der Waals surface area contributed by atoms with Gasteiger partial charge in [-0.2, -0.15) is 0 Å². The molecule has 0 bridgehead atoms. The Kier molecular flexibility index (Phi) is 7.72. The molecule has 4 rings (SSSR count). The second kappa shape index (κ2) is 10.7. The molecule has 0 aliphatic carbocycles. The first-order valence-electron chi connectivity index (χ1n) is 10.7. The van der Waals surface area contributed by atoms with Gasteiger partial charge in [0.2, 0.25) is 0 Å². The van der Waals surface area contributed by atoms with Crippen LogP contribution in [0.3, 0.4) is 0 Å². The lowest BCUT2D eigenvalue weighted by Gasteiger charge is -2.37. The Hall–Kier alpha value is -2.66. The smallest absolute Gasteiger partial charge is 0.292 e. The van der Waals surface area contributed by atoms with Gasteiger partial charge in [0.1, 0.15) is 5.69 Å². The van der Waals surface area contributed by atoms with Crippen LogP contribution in [0.25, 0.3) is 0 Å². The Bertz CT molecular complexity index is 1100. The van der Waals surface area contributed by atoms with Gasteiger partial charge in [0.15, 0.2) is 5.11 Å². The molecule has 0 aromatic heterocycles. The van der Waals surface area contributed by atoms with Crippen LogP contribution in [0.1, 0.15) is 10.4 Å². The molecule has 2 aliphatic heterocycles. The number of halogens is 2. The number of amides is 1. The molecule has 2 saturated heterocycles. The first kappa shape index (κ1) is 24.5. The summed E-state index contributed by atoms with van der Waals surface area (Å²) >= 11 is 17.5. The van der Waals surface area contributed by atoms with Crippen LogP contribution >= 0.6 is 35.4 Å². The first-order valence-corrected chi connectivity index (χ1v) is 11.9. The predicted molar refractivity (Wildman–Crippen MR) is 136 cm³/mol. The molecule has 0 spiro atoms. The van der Waals surface area contributed by atoms with E-state index < -0.39 is 5.91 Å². The molecule has 2 aromatic rings. The van der Waals surface area contributed by atoms with Gasteiger partial charge in [0, 0.05) is 56.0 Å². The number of rotatable bonds is 4. The fraction of sp³-hybridized carbons (Fsp3) is 0.364. The number of nitrogens with zero attached hydrogens (tertiary/aromatic N) is 4. The number of morpholine rings is 1. The van der Waals surface area contributed by atoms with Crippen LogP contribution in [0.5, 0.6) is 0 Å². The molecular formula is C22H23Cl2N5O4S. The van der Waals surface area contributed by atoms with Crippen LogP contribution in [0.4, 0.5) is 17.1 Å². The molecule has 2 fully saturated rings. The largest absolute Gasteiger partial charge is 0.378 e. The molecular weight excluding hydrogens is 501 g/mol. The number of piperazine rings is 1. The maximum atomic E-state index is 12.6. The summed E-state index contributed by atoms with van der Waals surface area (Å²) in [6.45, 7) is 4.79. The van der Waals surface area contributed by atoms with Crippen LogP contribution in [0, 0.1) is 10.1 Å². The second-order valence-corrected chi connectivity index (χ2v) is 9.12. The number of hydrogen-bond donors (Lipinski definition) is 1. The SMILES string of the molecule is O=C(NC(=S)N1CCN(c2ccc([N+](=O)[O-])c(N3CCOCC3)c2)CC1)c1cc(Cl)ccc1Cl. The molecule has 0 radical (unpaired) electrons. The van der Waals surface area contributed by atoms with Crippen LogP contribution in [0.2, 0.25) is 10.0 Å². The lowest BCUT2D eigenvalue weighted by atomic mass is 10.1. The van der Waals surface area contributed by atoms with E-state index in [4.69, 9.17) is 40.2 Å². The van der Waals surface area contributed by atoms with Crippen molar-refractivity contribution in [3.05, 3.63) is 62.1 Å². The van der Waals surface area contributed by atoms with E-state index >= 15 is 0 Å². The minimum absolute atomic E-state index is 0.0906. The number of nitro benzene ring substituents is 1. The van der Waals surface area contributed by atoms with Gasteiger partial charge >= 0.3 is 0 Å². The fourth-order valence-corrected chi connectivity index (χ4v) is 4.65. The summed E-state index contributed by atoms with van der Waals surface area (Å²) < 4.78 is 5.39. The Morgan fingerprint density at radius 2 is 1.71 bits per heavy atom. The number of carbonyl (C=O) groups excluding carboxylic acids is 1. The van der Waals surface area contributed by atoms with Crippen LogP contribution in [-0.2, 0) is 4.74 Å². The maximum absolute atomic E-state index is 12.6. The summed E-state index contributed by atoms with van der Waals surface area (Å²) in [5.41, 5.74) is 1.87. The monoisotopic (exact) mass is 523 g/mol. The molecule has 2 heterocycles. The molecule has 0 atom stereocenters. The van der Waals surface area contributed by atoms with E-state index in [0.29, 0.717) is 73.3 Å². The van der Waals surface area contributed by atoms with Crippen molar-refractivity contribution >= 4 is 63.5 Å².